The first-order chi connectivity index (χ1) is 10.2. The standard InChI is InChI=1S/C15H13N3O3/c16-7-6-14(19)17-10-11-3-1-4-12(9-11)18-15(20)13-5-2-8-21-13/h1-5,8-9H,6,10H2,(H,17,19)(H,18,20). The summed E-state index contributed by atoms with van der Waals surface area (Å²) < 4.78 is 5.00. The highest BCUT2D eigenvalue weighted by Crippen LogP contribution is 2.12. The van der Waals surface area contributed by atoms with Crippen LogP contribution < -0.4 is 10.6 Å². The Labute approximate surface area is 121 Å². The first kappa shape index (κ1) is 14.3. The number of amides is 2. The van der Waals surface area contributed by atoms with Crippen LogP contribution in [0.5, 0.6) is 0 Å². The molecule has 21 heavy (non-hydrogen) atoms. The van der Waals surface area contributed by atoms with Gasteiger partial charge in [0.2, 0.25) is 5.91 Å². The summed E-state index contributed by atoms with van der Waals surface area (Å²) in [6.07, 6.45) is 1.25. The molecule has 0 radical (unpaired) electrons. The van der Waals surface area contributed by atoms with Crippen LogP contribution in [0.25, 0.3) is 0 Å². The minimum atomic E-state index is -0.342. The average molecular weight is 283 g/mol. The quantitative estimate of drug-likeness (QED) is 0.878. The molecule has 2 N–H and O–H groups in total. The van der Waals surface area contributed by atoms with Crippen molar-refractivity contribution in [3.8, 4) is 6.07 Å². The Morgan fingerprint density at radius 1 is 1.24 bits per heavy atom. The van der Waals surface area contributed by atoms with Gasteiger partial charge in [-0.25, -0.2) is 0 Å². The van der Waals surface area contributed by atoms with Gasteiger partial charge in [-0.15, -0.1) is 0 Å². The highest BCUT2D eigenvalue weighted by atomic mass is 16.3. The SMILES string of the molecule is N#CCC(=O)NCc1cccc(NC(=O)c2ccco2)c1. The number of benzene rings is 1. The lowest BCUT2D eigenvalue weighted by Gasteiger charge is -2.07. The number of carbonyl (C=O) groups excluding carboxylic acids is 2. The van der Waals surface area contributed by atoms with Gasteiger partial charge in [0.05, 0.1) is 12.3 Å². The monoisotopic (exact) mass is 283 g/mol. The topological polar surface area (TPSA) is 95.1 Å². The predicted molar refractivity (Wildman–Crippen MR) is 75.2 cm³/mol. The minimum absolute atomic E-state index is 0.172. The van der Waals surface area contributed by atoms with Crippen LogP contribution in [0.1, 0.15) is 22.5 Å². The zero-order valence-electron chi connectivity index (χ0n) is 11.1. The van der Waals surface area contributed by atoms with Crippen LogP contribution in [0.4, 0.5) is 5.69 Å². The summed E-state index contributed by atoms with van der Waals surface area (Å²) in [4.78, 5) is 23.0. The minimum Gasteiger partial charge on any atom is -0.459 e. The number of hydrogen-bond donors (Lipinski definition) is 2. The summed E-state index contributed by atoms with van der Waals surface area (Å²) in [6, 6.07) is 12.0. The van der Waals surface area contributed by atoms with Gasteiger partial charge in [0, 0.05) is 12.2 Å². The van der Waals surface area contributed by atoms with Crippen molar-refractivity contribution in [3.05, 3.63) is 54.0 Å². The largest absolute Gasteiger partial charge is 0.459 e. The van der Waals surface area contributed by atoms with Gasteiger partial charge in [-0.2, -0.15) is 5.26 Å². The highest BCUT2D eigenvalue weighted by molar-refractivity contribution is 6.02. The van der Waals surface area contributed by atoms with E-state index in [1.54, 1.807) is 36.4 Å². The Balaban J connectivity index is 1.96. The third-order valence-corrected chi connectivity index (χ3v) is 2.66. The maximum Gasteiger partial charge on any atom is 0.291 e. The highest BCUT2D eigenvalue weighted by Gasteiger charge is 2.08. The van der Waals surface area contributed by atoms with Gasteiger partial charge >= 0.3 is 0 Å². The molecule has 106 valence electrons. The maximum atomic E-state index is 11.8. The normalized spacial score (nSPS) is 9.67. The van der Waals surface area contributed by atoms with E-state index in [-0.39, 0.29) is 24.0 Å². The fraction of sp³-hybridized carbons (Fsp3) is 0.133. The Kier molecular flexibility index (Phi) is 4.72. The summed E-state index contributed by atoms with van der Waals surface area (Å²) in [5.74, 6) is -0.448. The molecule has 6 heteroatoms. The molecule has 0 aliphatic rings. The summed E-state index contributed by atoms with van der Waals surface area (Å²) in [5, 5.41) is 13.7. The Morgan fingerprint density at radius 3 is 2.81 bits per heavy atom. The van der Waals surface area contributed by atoms with Crippen molar-refractivity contribution in [3.63, 3.8) is 0 Å². The molecule has 1 aromatic heterocycles. The fourth-order valence-corrected chi connectivity index (χ4v) is 1.69. The van der Waals surface area contributed by atoms with E-state index in [0.29, 0.717) is 12.2 Å². The van der Waals surface area contributed by atoms with E-state index >= 15 is 0 Å². The first-order valence-corrected chi connectivity index (χ1v) is 6.26. The van der Waals surface area contributed by atoms with Crippen LogP contribution in [0.15, 0.2) is 47.1 Å². The van der Waals surface area contributed by atoms with Gasteiger partial charge in [0.1, 0.15) is 6.42 Å². The second-order valence-electron chi connectivity index (χ2n) is 4.24. The molecule has 6 nitrogen and oxygen atoms in total. The number of nitriles is 1. The van der Waals surface area contributed by atoms with Gasteiger partial charge in [-0.3, -0.25) is 9.59 Å². The van der Waals surface area contributed by atoms with Gasteiger partial charge in [-0.1, -0.05) is 12.1 Å². The Bertz CT molecular complexity index is 672. The van der Waals surface area contributed by atoms with E-state index in [4.69, 9.17) is 9.68 Å². The van der Waals surface area contributed by atoms with E-state index in [0.717, 1.165) is 5.56 Å². The Hall–Kier alpha value is -3.07. The number of nitrogens with one attached hydrogen (secondary N) is 2. The number of rotatable bonds is 5. The zero-order chi connectivity index (χ0) is 15.1. The van der Waals surface area contributed by atoms with E-state index < -0.39 is 0 Å². The van der Waals surface area contributed by atoms with Crippen molar-refractivity contribution in [1.29, 1.82) is 5.26 Å². The molecule has 2 rings (SSSR count). The molecular formula is C15H13N3O3. The van der Waals surface area contributed by atoms with E-state index in [1.165, 1.54) is 6.26 Å². The van der Waals surface area contributed by atoms with Gasteiger partial charge in [0.25, 0.3) is 5.91 Å². The van der Waals surface area contributed by atoms with Crippen LogP contribution in [0.3, 0.4) is 0 Å². The summed E-state index contributed by atoms with van der Waals surface area (Å²) >= 11 is 0. The molecular weight excluding hydrogens is 270 g/mol. The first-order valence-electron chi connectivity index (χ1n) is 6.26. The molecule has 0 aliphatic heterocycles. The van der Waals surface area contributed by atoms with Crippen molar-refractivity contribution in [2.24, 2.45) is 0 Å². The van der Waals surface area contributed by atoms with Crippen LogP contribution >= 0.6 is 0 Å². The molecule has 2 aromatic rings. The number of carbonyl (C=O) groups is 2. The van der Waals surface area contributed by atoms with E-state index in [1.807, 2.05) is 6.07 Å². The number of nitrogens with zero attached hydrogens (tertiary/aromatic N) is 1. The molecule has 0 unspecified atom stereocenters. The molecule has 0 saturated carbocycles. The van der Waals surface area contributed by atoms with E-state index in [2.05, 4.69) is 10.6 Å². The smallest absolute Gasteiger partial charge is 0.291 e. The van der Waals surface area contributed by atoms with Gasteiger partial charge in [-0.05, 0) is 29.8 Å². The predicted octanol–water partition coefficient (Wildman–Crippen LogP) is 2.06. The molecule has 0 aliphatic carbocycles. The molecule has 0 bridgehead atoms. The second kappa shape index (κ2) is 6.91. The number of hydrogen-bond acceptors (Lipinski definition) is 4. The zero-order valence-corrected chi connectivity index (χ0v) is 11.1. The molecule has 0 saturated heterocycles. The third kappa shape index (κ3) is 4.21. The molecule has 1 heterocycles. The summed E-state index contributed by atoms with van der Waals surface area (Å²) in [5.41, 5.74) is 1.42. The van der Waals surface area contributed by atoms with Crippen molar-refractivity contribution >= 4 is 17.5 Å². The lowest BCUT2D eigenvalue weighted by atomic mass is 10.2. The fourth-order valence-electron chi connectivity index (χ4n) is 1.69. The van der Waals surface area contributed by atoms with Crippen LogP contribution in [0.2, 0.25) is 0 Å². The number of furan rings is 1. The number of anilines is 1. The second-order valence-corrected chi connectivity index (χ2v) is 4.24. The van der Waals surface area contributed by atoms with E-state index in [9.17, 15) is 9.59 Å². The van der Waals surface area contributed by atoms with Crippen molar-refractivity contribution in [2.75, 3.05) is 5.32 Å². The van der Waals surface area contributed by atoms with Crippen molar-refractivity contribution in [2.45, 2.75) is 13.0 Å². The van der Waals surface area contributed by atoms with Crippen molar-refractivity contribution in [1.82, 2.24) is 5.32 Å². The van der Waals surface area contributed by atoms with Crippen LogP contribution in [0, 0.1) is 11.3 Å². The van der Waals surface area contributed by atoms with Gasteiger partial charge < -0.3 is 15.1 Å². The van der Waals surface area contributed by atoms with Crippen LogP contribution in [-0.4, -0.2) is 11.8 Å². The molecule has 0 fully saturated rings. The maximum absolute atomic E-state index is 11.8. The van der Waals surface area contributed by atoms with Crippen molar-refractivity contribution < 1.29 is 14.0 Å². The molecule has 0 atom stereocenters. The summed E-state index contributed by atoms with van der Waals surface area (Å²) in [7, 11) is 0. The lowest BCUT2D eigenvalue weighted by molar-refractivity contribution is -0.120. The molecule has 2 amide bonds. The Morgan fingerprint density at radius 2 is 2.10 bits per heavy atom. The molecule has 1 aromatic carbocycles. The summed E-state index contributed by atoms with van der Waals surface area (Å²) in [6.45, 7) is 0.297. The van der Waals surface area contributed by atoms with Crippen LogP contribution in [-0.2, 0) is 11.3 Å². The third-order valence-electron chi connectivity index (χ3n) is 2.66. The average Bonchev–Trinajstić information content (AvgIpc) is 3.00. The van der Waals surface area contributed by atoms with Gasteiger partial charge in [0.15, 0.2) is 5.76 Å². The molecule has 0 spiro atoms. The lowest BCUT2D eigenvalue weighted by Crippen LogP contribution is -2.21.